The molecule has 3 rings (SSSR count). The number of nitro benzene ring substituents is 1. The van der Waals surface area contributed by atoms with Crippen molar-refractivity contribution in [3.63, 3.8) is 0 Å². The molecule has 0 spiro atoms. The second-order valence-corrected chi connectivity index (χ2v) is 6.77. The van der Waals surface area contributed by atoms with Crippen molar-refractivity contribution in [1.29, 1.82) is 0 Å². The van der Waals surface area contributed by atoms with E-state index in [1.807, 2.05) is 24.3 Å². The van der Waals surface area contributed by atoms with Gasteiger partial charge in [-0.3, -0.25) is 10.1 Å². The van der Waals surface area contributed by atoms with Gasteiger partial charge in [0, 0.05) is 10.6 Å². The standard InChI is InChI=1S/C19H21ClN2O5/c1-25-15-6-7-19(18(10-15)22(23)24)27-13-16-12-21(8-9-26-16)11-14-4-2-3-5-17(14)20/h2-7,10,16H,8-9,11-13H2,1H3/p+1/t16-/m1/s1. The molecule has 8 heteroatoms. The average molecular weight is 394 g/mol. The zero-order chi connectivity index (χ0) is 19.2. The molecule has 144 valence electrons. The Kier molecular flexibility index (Phi) is 6.49. The number of methoxy groups -OCH3 is 1. The van der Waals surface area contributed by atoms with Crippen LogP contribution in [0, 0.1) is 10.1 Å². The fraction of sp³-hybridized carbons (Fsp3) is 0.368. The maximum absolute atomic E-state index is 11.3. The summed E-state index contributed by atoms with van der Waals surface area (Å²) in [6, 6.07) is 12.3. The second kappa shape index (κ2) is 9.03. The highest BCUT2D eigenvalue weighted by Crippen LogP contribution is 2.31. The van der Waals surface area contributed by atoms with Gasteiger partial charge in [0.15, 0.2) is 5.75 Å². The molecule has 0 bridgehead atoms. The van der Waals surface area contributed by atoms with Gasteiger partial charge < -0.3 is 19.1 Å². The monoisotopic (exact) mass is 393 g/mol. The molecule has 2 aromatic rings. The van der Waals surface area contributed by atoms with Crippen LogP contribution in [0.4, 0.5) is 5.69 Å². The number of nitrogens with one attached hydrogen (secondary N) is 1. The van der Waals surface area contributed by atoms with E-state index in [1.54, 1.807) is 12.1 Å². The first-order chi connectivity index (χ1) is 13.1. The fourth-order valence-electron chi connectivity index (χ4n) is 3.10. The fourth-order valence-corrected chi connectivity index (χ4v) is 3.31. The molecule has 0 amide bonds. The largest absolute Gasteiger partial charge is 0.496 e. The van der Waals surface area contributed by atoms with Gasteiger partial charge in [-0.2, -0.15) is 0 Å². The summed E-state index contributed by atoms with van der Waals surface area (Å²) in [6.07, 6.45) is -0.141. The van der Waals surface area contributed by atoms with Crippen LogP contribution in [-0.4, -0.2) is 44.4 Å². The topological polar surface area (TPSA) is 75.3 Å². The number of morpholine rings is 1. The van der Waals surface area contributed by atoms with Gasteiger partial charge in [0.1, 0.15) is 38.1 Å². The predicted molar refractivity (Wildman–Crippen MR) is 101 cm³/mol. The van der Waals surface area contributed by atoms with Gasteiger partial charge in [-0.05, 0) is 18.2 Å². The van der Waals surface area contributed by atoms with Crippen molar-refractivity contribution in [1.82, 2.24) is 0 Å². The molecular weight excluding hydrogens is 372 g/mol. The molecule has 1 unspecified atom stereocenters. The van der Waals surface area contributed by atoms with Crippen LogP contribution in [-0.2, 0) is 11.3 Å². The maximum atomic E-state index is 11.3. The van der Waals surface area contributed by atoms with Gasteiger partial charge >= 0.3 is 5.69 Å². The molecule has 1 N–H and O–H groups in total. The zero-order valence-electron chi connectivity index (χ0n) is 15.0. The number of nitrogens with zero attached hydrogens (tertiary/aromatic N) is 1. The van der Waals surface area contributed by atoms with Gasteiger partial charge in [-0.25, -0.2) is 0 Å². The molecule has 0 radical (unpaired) electrons. The molecule has 1 fully saturated rings. The Hall–Kier alpha value is -2.35. The third-order valence-electron chi connectivity index (χ3n) is 4.51. The molecular formula is C19H22ClN2O5+. The van der Waals surface area contributed by atoms with Gasteiger partial charge in [0.05, 0.1) is 24.7 Å². The molecule has 0 saturated carbocycles. The number of hydrogen-bond donors (Lipinski definition) is 1. The normalized spacial score (nSPS) is 19.5. The molecule has 7 nitrogen and oxygen atoms in total. The van der Waals surface area contributed by atoms with E-state index in [0.717, 1.165) is 30.2 Å². The first-order valence-corrected chi connectivity index (χ1v) is 9.08. The number of halogens is 1. The third kappa shape index (κ3) is 5.09. The van der Waals surface area contributed by atoms with E-state index < -0.39 is 4.92 Å². The summed E-state index contributed by atoms with van der Waals surface area (Å²) in [5, 5.41) is 12.0. The Balaban J connectivity index is 1.60. The highest BCUT2D eigenvalue weighted by Gasteiger charge is 2.26. The van der Waals surface area contributed by atoms with Crippen LogP contribution in [0.5, 0.6) is 11.5 Å². The van der Waals surface area contributed by atoms with Crippen molar-refractivity contribution < 1.29 is 24.0 Å². The Morgan fingerprint density at radius 1 is 1.33 bits per heavy atom. The van der Waals surface area contributed by atoms with Crippen molar-refractivity contribution in [2.45, 2.75) is 12.6 Å². The van der Waals surface area contributed by atoms with Gasteiger partial charge in [-0.15, -0.1) is 0 Å². The summed E-state index contributed by atoms with van der Waals surface area (Å²) in [5.41, 5.74) is 0.979. The molecule has 1 aliphatic rings. The van der Waals surface area contributed by atoms with Crippen molar-refractivity contribution >= 4 is 17.3 Å². The van der Waals surface area contributed by atoms with E-state index in [-0.39, 0.29) is 24.1 Å². The molecule has 1 saturated heterocycles. The highest BCUT2D eigenvalue weighted by molar-refractivity contribution is 6.31. The van der Waals surface area contributed by atoms with E-state index in [9.17, 15) is 10.1 Å². The summed E-state index contributed by atoms with van der Waals surface area (Å²) < 4.78 is 16.5. The minimum absolute atomic E-state index is 0.120. The molecule has 2 atom stereocenters. The lowest BCUT2D eigenvalue weighted by Crippen LogP contribution is -3.13. The number of quaternary nitrogens is 1. The molecule has 1 aliphatic heterocycles. The van der Waals surface area contributed by atoms with E-state index in [0.29, 0.717) is 12.4 Å². The molecule has 1 heterocycles. The first kappa shape index (κ1) is 19.4. The van der Waals surface area contributed by atoms with E-state index in [4.69, 9.17) is 25.8 Å². The van der Waals surface area contributed by atoms with Gasteiger partial charge in [-0.1, -0.05) is 29.8 Å². The van der Waals surface area contributed by atoms with E-state index in [2.05, 4.69) is 0 Å². The molecule has 27 heavy (non-hydrogen) atoms. The van der Waals surface area contributed by atoms with Crippen LogP contribution in [0.1, 0.15) is 5.56 Å². The Bertz CT molecular complexity index is 801. The zero-order valence-corrected chi connectivity index (χ0v) is 15.8. The minimum Gasteiger partial charge on any atom is -0.496 e. The number of ether oxygens (including phenoxy) is 3. The quantitative estimate of drug-likeness (QED) is 0.576. The van der Waals surface area contributed by atoms with Crippen molar-refractivity contribution in [2.75, 3.05) is 33.4 Å². The van der Waals surface area contributed by atoms with Crippen molar-refractivity contribution in [2.24, 2.45) is 0 Å². The molecule has 0 aromatic heterocycles. The summed E-state index contributed by atoms with van der Waals surface area (Å²) >= 11 is 6.25. The van der Waals surface area contributed by atoms with Crippen LogP contribution < -0.4 is 14.4 Å². The average Bonchev–Trinajstić information content (AvgIpc) is 2.68. The minimum atomic E-state index is -0.478. The Morgan fingerprint density at radius 3 is 2.89 bits per heavy atom. The van der Waals surface area contributed by atoms with Crippen molar-refractivity contribution in [3.8, 4) is 11.5 Å². The lowest BCUT2D eigenvalue weighted by atomic mass is 10.2. The van der Waals surface area contributed by atoms with Crippen LogP contribution in [0.2, 0.25) is 5.02 Å². The third-order valence-corrected chi connectivity index (χ3v) is 4.88. The van der Waals surface area contributed by atoms with E-state index >= 15 is 0 Å². The summed E-state index contributed by atoms with van der Waals surface area (Å²) in [7, 11) is 1.46. The molecule has 2 aromatic carbocycles. The van der Waals surface area contributed by atoms with Crippen LogP contribution in [0.25, 0.3) is 0 Å². The first-order valence-electron chi connectivity index (χ1n) is 8.70. The summed E-state index contributed by atoms with van der Waals surface area (Å²) in [4.78, 5) is 12.1. The second-order valence-electron chi connectivity index (χ2n) is 6.37. The van der Waals surface area contributed by atoms with Gasteiger partial charge in [0.2, 0.25) is 0 Å². The lowest BCUT2D eigenvalue weighted by Gasteiger charge is -2.30. The smallest absolute Gasteiger partial charge is 0.314 e. The lowest BCUT2D eigenvalue weighted by molar-refractivity contribution is -0.925. The number of rotatable bonds is 7. The maximum Gasteiger partial charge on any atom is 0.314 e. The Morgan fingerprint density at radius 2 is 2.15 bits per heavy atom. The summed E-state index contributed by atoms with van der Waals surface area (Å²) in [5.74, 6) is 0.626. The van der Waals surface area contributed by atoms with E-state index in [1.165, 1.54) is 18.1 Å². The summed E-state index contributed by atoms with van der Waals surface area (Å²) in [6.45, 7) is 3.29. The number of nitro groups is 1. The van der Waals surface area contributed by atoms with Crippen molar-refractivity contribution in [3.05, 3.63) is 63.2 Å². The molecule has 0 aliphatic carbocycles. The SMILES string of the molecule is COc1ccc(OC[C@H]2C[NH+](Cc3ccccc3Cl)CCO2)c([N+](=O)[O-])c1. The Labute approximate surface area is 162 Å². The van der Waals surface area contributed by atoms with Crippen LogP contribution in [0.3, 0.4) is 0 Å². The predicted octanol–water partition coefficient (Wildman–Crippen LogP) is 2.12. The number of benzene rings is 2. The number of hydrogen-bond acceptors (Lipinski definition) is 5. The highest BCUT2D eigenvalue weighted by atomic mass is 35.5. The van der Waals surface area contributed by atoms with Gasteiger partial charge in [0.25, 0.3) is 0 Å². The van der Waals surface area contributed by atoms with Crippen LogP contribution >= 0.6 is 11.6 Å². The van der Waals surface area contributed by atoms with Crippen LogP contribution in [0.15, 0.2) is 42.5 Å².